The average Bonchev–Trinajstić information content (AvgIpc) is 2.81. The predicted octanol–water partition coefficient (Wildman–Crippen LogP) is 11.8. The van der Waals surface area contributed by atoms with E-state index in [1.807, 2.05) is 41.5 Å². The van der Waals surface area contributed by atoms with Gasteiger partial charge in [-0.15, -0.1) is 0 Å². The lowest BCUT2D eigenvalue weighted by atomic mass is 9.73. The summed E-state index contributed by atoms with van der Waals surface area (Å²) in [4.78, 5) is 0. The van der Waals surface area contributed by atoms with Gasteiger partial charge in [0.25, 0.3) is 0 Å². The lowest BCUT2D eigenvalue weighted by molar-refractivity contribution is 0.188. The molecule has 0 aromatic carbocycles. The Balaban J connectivity index is -0.000000442. The SMILES string of the molecule is CC.CC.CC.CC1CCCC(C)C1C.CCCCC(C)C(C)CC1CCCCC1C. The average molecular weight is 441 g/mol. The Morgan fingerprint density at radius 3 is 1.48 bits per heavy atom. The van der Waals surface area contributed by atoms with Gasteiger partial charge in [-0.2, -0.15) is 0 Å². The fourth-order valence-corrected chi connectivity index (χ4v) is 5.11. The summed E-state index contributed by atoms with van der Waals surface area (Å²) in [7, 11) is 0. The third kappa shape index (κ3) is 17.2. The maximum absolute atomic E-state index is 2.49. The molecule has 6 atom stereocenters. The van der Waals surface area contributed by atoms with Crippen LogP contribution < -0.4 is 0 Å². The monoisotopic (exact) mass is 441 g/mol. The molecule has 0 saturated heterocycles. The highest BCUT2D eigenvalue weighted by molar-refractivity contribution is 4.76. The van der Waals surface area contributed by atoms with Crippen molar-refractivity contribution in [2.24, 2.45) is 41.4 Å². The van der Waals surface area contributed by atoms with Gasteiger partial charge in [-0.3, -0.25) is 0 Å². The molecule has 31 heavy (non-hydrogen) atoms. The second kappa shape index (κ2) is 24.6. The second-order valence-electron chi connectivity index (χ2n) is 10.1. The lowest BCUT2D eigenvalue weighted by Gasteiger charge is -2.32. The first-order valence-corrected chi connectivity index (χ1v) is 14.9. The molecule has 0 bridgehead atoms. The van der Waals surface area contributed by atoms with E-state index in [2.05, 4.69) is 48.5 Å². The zero-order valence-corrected chi connectivity index (χ0v) is 24.8. The normalized spacial score (nSPS) is 29.1. The first-order chi connectivity index (χ1) is 14.9. The van der Waals surface area contributed by atoms with E-state index in [4.69, 9.17) is 0 Å². The van der Waals surface area contributed by atoms with Crippen molar-refractivity contribution in [1.82, 2.24) is 0 Å². The van der Waals surface area contributed by atoms with E-state index in [1.165, 1.54) is 70.6 Å². The van der Waals surface area contributed by atoms with Crippen molar-refractivity contribution in [3.63, 3.8) is 0 Å². The number of hydrogen-bond donors (Lipinski definition) is 0. The summed E-state index contributed by atoms with van der Waals surface area (Å²) in [6, 6.07) is 0. The fraction of sp³-hybridized carbons (Fsp3) is 1.00. The zero-order valence-electron chi connectivity index (χ0n) is 24.8. The molecule has 0 heterocycles. The maximum Gasteiger partial charge on any atom is -0.0386 e. The van der Waals surface area contributed by atoms with Crippen LogP contribution in [0, 0.1) is 41.4 Å². The number of hydrogen-bond acceptors (Lipinski definition) is 0. The van der Waals surface area contributed by atoms with Crippen LogP contribution in [-0.4, -0.2) is 0 Å². The first-order valence-electron chi connectivity index (χ1n) is 14.9. The van der Waals surface area contributed by atoms with Gasteiger partial charge in [0.15, 0.2) is 0 Å². The molecular weight excluding hydrogens is 372 g/mol. The molecule has 0 radical (unpaired) electrons. The van der Waals surface area contributed by atoms with Gasteiger partial charge in [0.2, 0.25) is 0 Å². The Hall–Kier alpha value is 0. The summed E-state index contributed by atoms with van der Waals surface area (Å²) in [5.41, 5.74) is 0. The van der Waals surface area contributed by atoms with E-state index < -0.39 is 0 Å². The molecule has 6 unspecified atom stereocenters. The van der Waals surface area contributed by atoms with Crippen LogP contribution in [0.4, 0.5) is 0 Å². The van der Waals surface area contributed by atoms with Crippen molar-refractivity contribution < 1.29 is 0 Å². The molecule has 0 aromatic heterocycles. The van der Waals surface area contributed by atoms with E-state index >= 15 is 0 Å². The highest BCUT2D eigenvalue weighted by Gasteiger charge is 2.25. The smallest absolute Gasteiger partial charge is 0.0386 e. The van der Waals surface area contributed by atoms with E-state index in [9.17, 15) is 0 Å². The van der Waals surface area contributed by atoms with Gasteiger partial charge in [0, 0.05) is 0 Å². The third-order valence-electron chi connectivity index (χ3n) is 8.06. The standard InChI is InChI=1S/C16H32.C9H18.3C2H6/c1-5-6-9-13(2)15(4)12-16-11-8-7-10-14(16)3;1-7-5-4-6-8(2)9(7)3;3*1-2/h13-16H,5-12H2,1-4H3;7-9H,4-6H2,1-3H3;3*1-2H3. The molecule has 2 aliphatic carbocycles. The Kier molecular flexibility index (Phi) is 28.3. The van der Waals surface area contributed by atoms with Gasteiger partial charge < -0.3 is 0 Å². The van der Waals surface area contributed by atoms with Crippen LogP contribution in [0.15, 0.2) is 0 Å². The molecule has 0 aliphatic heterocycles. The van der Waals surface area contributed by atoms with Crippen LogP contribution in [0.25, 0.3) is 0 Å². The highest BCUT2D eigenvalue weighted by Crippen LogP contribution is 2.36. The van der Waals surface area contributed by atoms with Crippen molar-refractivity contribution in [2.45, 2.75) is 161 Å². The van der Waals surface area contributed by atoms with Crippen LogP contribution in [0.5, 0.6) is 0 Å². The summed E-state index contributed by atoms with van der Waals surface area (Å²) in [5.74, 6) is 6.84. The second-order valence-corrected chi connectivity index (χ2v) is 10.1. The van der Waals surface area contributed by atoms with Crippen molar-refractivity contribution in [2.75, 3.05) is 0 Å². The minimum Gasteiger partial charge on any atom is -0.0683 e. The van der Waals surface area contributed by atoms with Crippen molar-refractivity contribution in [1.29, 1.82) is 0 Å². The molecule has 0 amide bonds. The van der Waals surface area contributed by atoms with Gasteiger partial charge in [-0.05, 0) is 47.8 Å². The topological polar surface area (TPSA) is 0 Å². The highest BCUT2D eigenvalue weighted by atomic mass is 14.3. The summed E-state index contributed by atoms with van der Waals surface area (Å²) in [6.45, 7) is 28.9. The number of rotatable bonds is 6. The predicted molar refractivity (Wildman–Crippen MR) is 149 cm³/mol. The van der Waals surface area contributed by atoms with Crippen LogP contribution in [0.2, 0.25) is 0 Å². The molecular formula is C31H68. The summed E-state index contributed by atoms with van der Waals surface area (Å²) < 4.78 is 0. The molecule has 0 aromatic rings. The Labute approximate surface area is 202 Å². The van der Waals surface area contributed by atoms with E-state index in [1.54, 1.807) is 0 Å². The Bertz CT molecular complexity index is 310. The van der Waals surface area contributed by atoms with Gasteiger partial charge >= 0.3 is 0 Å². The van der Waals surface area contributed by atoms with Crippen LogP contribution in [0.1, 0.15) is 161 Å². The minimum absolute atomic E-state index is 0.939. The molecule has 192 valence electrons. The van der Waals surface area contributed by atoms with E-state index in [0.717, 1.165) is 41.4 Å². The summed E-state index contributed by atoms with van der Waals surface area (Å²) in [5, 5.41) is 0. The largest absolute Gasteiger partial charge is 0.0683 e. The molecule has 2 fully saturated rings. The van der Waals surface area contributed by atoms with Crippen LogP contribution >= 0.6 is 0 Å². The van der Waals surface area contributed by atoms with Crippen LogP contribution in [0.3, 0.4) is 0 Å². The van der Waals surface area contributed by atoms with Gasteiger partial charge in [0.05, 0.1) is 0 Å². The summed E-state index contributed by atoms with van der Waals surface area (Å²) in [6.07, 6.45) is 16.1. The Morgan fingerprint density at radius 2 is 1.06 bits per heavy atom. The fourth-order valence-electron chi connectivity index (χ4n) is 5.11. The first kappa shape index (κ1) is 35.6. The molecule has 2 rings (SSSR count). The van der Waals surface area contributed by atoms with Crippen molar-refractivity contribution >= 4 is 0 Å². The van der Waals surface area contributed by atoms with Crippen LogP contribution in [-0.2, 0) is 0 Å². The summed E-state index contributed by atoms with van der Waals surface area (Å²) >= 11 is 0. The van der Waals surface area contributed by atoms with Gasteiger partial charge in [0.1, 0.15) is 0 Å². The quantitative estimate of drug-likeness (QED) is 0.385. The Morgan fingerprint density at radius 1 is 0.613 bits per heavy atom. The minimum atomic E-state index is 0.939. The molecule has 0 heteroatoms. The van der Waals surface area contributed by atoms with Gasteiger partial charge in [-0.1, -0.05) is 154 Å². The van der Waals surface area contributed by atoms with E-state index in [0.29, 0.717) is 0 Å². The van der Waals surface area contributed by atoms with Crippen molar-refractivity contribution in [3.8, 4) is 0 Å². The van der Waals surface area contributed by atoms with Gasteiger partial charge in [-0.25, -0.2) is 0 Å². The molecule has 0 nitrogen and oxygen atoms in total. The zero-order chi connectivity index (χ0) is 24.8. The third-order valence-corrected chi connectivity index (χ3v) is 8.06. The molecule has 2 aliphatic rings. The number of unbranched alkanes of at least 4 members (excludes halogenated alkanes) is 1. The molecule has 0 spiro atoms. The maximum atomic E-state index is 2.49. The molecule has 2 saturated carbocycles. The lowest BCUT2D eigenvalue weighted by Crippen LogP contribution is -2.21. The van der Waals surface area contributed by atoms with E-state index in [-0.39, 0.29) is 0 Å². The molecule has 0 N–H and O–H groups in total. The van der Waals surface area contributed by atoms with Crippen molar-refractivity contribution in [3.05, 3.63) is 0 Å².